The highest BCUT2D eigenvalue weighted by Crippen LogP contribution is 2.30. The third-order valence-electron chi connectivity index (χ3n) is 4.76. The van der Waals surface area contributed by atoms with E-state index in [1.54, 1.807) is 26.2 Å². The Balaban J connectivity index is 1.78. The minimum atomic E-state index is -0.894. The van der Waals surface area contributed by atoms with Gasteiger partial charge >= 0.3 is 6.09 Å². The number of ether oxygens (including phenoxy) is 1. The van der Waals surface area contributed by atoms with E-state index in [1.807, 2.05) is 66.7 Å². The quantitative estimate of drug-likeness (QED) is 0.596. The van der Waals surface area contributed by atoms with Crippen molar-refractivity contribution in [3.05, 3.63) is 84.7 Å². The van der Waals surface area contributed by atoms with Crippen LogP contribution in [-0.2, 0) is 9.53 Å². The minimum absolute atomic E-state index is 0.181. The van der Waals surface area contributed by atoms with E-state index in [0.29, 0.717) is 12.1 Å². The second-order valence-corrected chi connectivity index (χ2v) is 7.65. The van der Waals surface area contributed by atoms with E-state index in [0.717, 1.165) is 16.7 Å². The monoisotopic (exact) mass is 403 g/mol. The van der Waals surface area contributed by atoms with Gasteiger partial charge in [0.05, 0.1) is 5.92 Å². The lowest BCUT2D eigenvalue weighted by molar-refractivity contribution is -0.119. The molecular formula is C24H25N3O3. The van der Waals surface area contributed by atoms with Gasteiger partial charge in [-0.3, -0.25) is 9.78 Å². The number of anilines is 1. The van der Waals surface area contributed by atoms with Gasteiger partial charge in [0.2, 0.25) is 5.91 Å². The second-order valence-electron chi connectivity index (χ2n) is 7.65. The van der Waals surface area contributed by atoms with Crippen LogP contribution in [0.5, 0.6) is 0 Å². The number of nitrogens with one attached hydrogen (secondary N) is 1. The Labute approximate surface area is 176 Å². The molecule has 3 aromatic rings. The fourth-order valence-electron chi connectivity index (χ4n) is 3.37. The second kappa shape index (κ2) is 9.22. The van der Waals surface area contributed by atoms with E-state index in [2.05, 4.69) is 10.3 Å². The van der Waals surface area contributed by atoms with Crippen molar-refractivity contribution < 1.29 is 14.3 Å². The predicted molar refractivity (Wildman–Crippen MR) is 117 cm³/mol. The van der Waals surface area contributed by atoms with Gasteiger partial charge in [-0.25, -0.2) is 4.79 Å². The lowest BCUT2D eigenvalue weighted by Gasteiger charge is -2.28. The fraction of sp³-hybridized carbons (Fsp3) is 0.208. The number of carbonyl (C=O) groups is 2. The van der Waals surface area contributed by atoms with Gasteiger partial charge in [-0.2, -0.15) is 0 Å². The maximum absolute atomic E-state index is 13.1. The van der Waals surface area contributed by atoms with Crippen molar-refractivity contribution >= 4 is 17.7 Å². The molecule has 30 heavy (non-hydrogen) atoms. The zero-order valence-corrected chi connectivity index (χ0v) is 17.0. The first-order valence-electron chi connectivity index (χ1n) is 9.69. The van der Waals surface area contributed by atoms with Gasteiger partial charge in [-0.15, -0.1) is 0 Å². The van der Waals surface area contributed by atoms with E-state index < -0.39 is 17.6 Å². The standard InChI is InChI=1S/C24H25N3O3/c1-24(2,30-23(25)29)16-21(19-6-4-3-5-7-19)22(28)27-20-10-8-17(9-11-20)18-12-14-26-15-13-18/h3-15,21H,16H2,1-2H3,(H2,25,29)(H,27,28). The van der Waals surface area contributed by atoms with Gasteiger partial charge in [-0.05, 0) is 54.8 Å². The number of rotatable bonds is 7. The molecule has 1 heterocycles. The molecule has 6 nitrogen and oxygen atoms in total. The fourth-order valence-corrected chi connectivity index (χ4v) is 3.37. The first kappa shape index (κ1) is 21.0. The Morgan fingerprint density at radius 1 is 0.967 bits per heavy atom. The molecule has 0 aliphatic rings. The number of pyridine rings is 1. The summed E-state index contributed by atoms with van der Waals surface area (Å²) in [6.07, 6.45) is 2.91. The number of carbonyl (C=O) groups excluding carboxylic acids is 2. The molecule has 3 N–H and O–H groups in total. The number of primary amides is 1. The average molecular weight is 403 g/mol. The molecule has 1 atom stereocenters. The summed E-state index contributed by atoms with van der Waals surface area (Å²) in [6.45, 7) is 3.48. The van der Waals surface area contributed by atoms with Crippen molar-refractivity contribution in [1.82, 2.24) is 4.98 Å². The summed E-state index contributed by atoms with van der Waals surface area (Å²) in [5, 5.41) is 2.97. The lowest BCUT2D eigenvalue weighted by atomic mass is 9.87. The zero-order valence-electron chi connectivity index (χ0n) is 17.0. The molecule has 0 aliphatic heterocycles. The molecule has 0 spiro atoms. The van der Waals surface area contributed by atoms with E-state index in [4.69, 9.17) is 10.5 Å². The number of nitrogens with two attached hydrogens (primary N) is 1. The molecule has 0 radical (unpaired) electrons. The number of amides is 2. The molecule has 2 aromatic carbocycles. The van der Waals surface area contributed by atoms with E-state index >= 15 is 0 Å². The Kier molecular flexibility index (Phi) is 6.47. The summed E-state index contributed by atoms with van der Waals surface area (Å²) in [6, 6.07) is 20.9. The number of benzene rings is 2. The highest BCUT2D eigenvalue weighted by atomic mass is 16.6. The summed E-state index contributed by atoms with van der Waals surface area (Å²) in [7, 11) is 0. The number of aromatic nitrogens is 1. The summed E-state index contributed by atoms with van der Waals surface area (Å²) >= 11 is 0. The van der Waals surface area contributed by atoms with Crippen LogP contribution < -0.4 is 11.1 Å². The van der Waals surface area contributed by atoms with Gasteiger partial charge in [0, 0.05) is 24.5 Å². The Hall–Kier alpha value is -3.67. The summed E-state index contributed by atoms with van der Waals surface area (Å²) in [4.78, 5) is 28.4. The molecule has 154 valence electrons. The third-order valence-corrected chi connectivity index (χ3v) is 4.76. The van der Waals surface area contributed by atoms with Crippen molar-refractivity contribution in [3.8, 4) is 11.1 Å². The average Bonchev–Trinajstić information content (AvgIpc) is 2.73. The van der Waals surface area contributed by atoms with Gasteiger partial charge in [0.15, 0.2) is 0 Å². The molecule has 0 saturated carbocycles. The predicted octanol–water partition coefficient (Wildman–Crippen LogP) is 4.73. The van der Waals surface area contributed by atoms with E-state index in [-0.39, 0.29) is 5.91 Å². The maximum atomic E-state index is 13.1. The zero-order chi connectivity index (χ0) is 21.6. The highest BCUT2D eigenvalue weighted by molar-refractivity contribution is 5.96. The van der Waals surface area contributed by atoms with Crippen LogP contribution in [0.1, 0.15) is 31.7 Å². The van der Waals surface area contributed by atoms with Crippen LogP contribution in [0, 0.1) is 0 Å². The number of hydrogen-bond donors (Lipinski definition) is 2. The van der Waals surface area contributed by atoms with Crippen molar-refractivity contribution in [2.24, 2.45) is 5.73 Å². The van der Waals surface area contributed by atoms with E-state index in [1.165, 1.54) is 0 Å². The van der Waals surface area contributed by atoms with Gasteiger partial charge in [0.1, 0.15) is 5.60 Å². The van der Waals surface area contributed by atoms with Crippen LogP contribution in [0.2, 0.25) is 0 Å². The first-order valence-corrected chi connectivity index (χ1v) is 9.69. The van der Waals surface area contributed by atoms with Gasteiger partial charge < -0.3 is 15.8 Å². The summed E-state index contributed by atoms with van der Waals surface area (Å²) in [5.41, 5.74) is 7.90. The molecular weight excluding hydrogens is 378 g/mol. The largest absolute Gasteiger partial charge is 0.444 e. The van der Waals surface area contributed by atoms with Crippen LogP contribution in [0.15, 0.2) is 79.1 Å². The molecule has 0 saturated heterocycles. The molecule has 3 rings (SSSR count). The van der Waals surface area contributed by atoms with Gasteiger partial charge in [0.25, 0.3) is 0 Å². The normalized spacial score (nSPS) is 12.1. The highest BCUT2D eigenvalue weighted by Gasteiger charge is 2.31. The van der Waals surface area contributed by atoms with Crippen LogP contribution >= 0.6 is 0 Å². The molecule has 6 heteroatoms. The van der Waals surface area contributed by atoms with Crippen LogP contribution in [0.25, 0.3) is 11.1 Å². The summed E-state index contributed by atoms with van der Waals surface area (Å²) in [5.74, 6) is -0.695. The van der Waals surface area contributed by atoms with Crippen molar-refractivity contribution in [1.29, 1.82) is 0 Å². The molecule has 1 aromatic heterocycles. The van der Waals surface area contributed by atoms with Gasteiger partial charge in [-0.1, -0.05) is 42.5 Å². The molecule has 0 fully saturated rings. The first-order chi connectivity index (χ1) is 14.3. The number of nitrogens with zero attached hydrogens (tertiary/aromatic N) is 1. The van der Waals surface area contributed by atoms with Crippen molar-refractivity contribution in [2.45, 2.75) is 31.8 Å². The van der Waals surface area contributed by atoms with Crippen LogP contribution in [0.4, 0.5) is 10.5 Å². The Morgan fingerprint density at radius 3 is 2.17 bits per heavy atom. The third kappa shape index (κ3) is 5.67. The van der Waals surface area contributed by atoms with Crippen molar-refractivity contribution in [3.63, 3.8) is 0 Å². The molecule has 2 amide bonds. The molecule has 0 bridgehead atoms. The Morgan fingerprint density at radius 2 is 1.57 bits per heavy atom. The smallest absolute Gasteiger partial charge is 0.405 e. The van der Waals surface area contributed by atoms with E-state index in [9.17, 15) is 9.59 Å². The summed E-state index contributed by atoms with van der Waals surface area (Å²) < 4.78 is 5.21. The minimum Gasteiger partial charge on any atom is -0.444 e. The SMILES string of the molecule is CC(C)(CC(C(=O)Nc1ccc(-c2ccncc2)cc1)c1ccccc1)OC(N)=O. The Bertz CT molecular complexity index is 987. The topological polar surface area (TPSA) is 94.3 Å². The number of hydrogen-bond acceptors (Lipinski definition) is 4. The lowest BCUT2D eigenvalue weighted by Crippen LogP contribution is -2.35. The van der Waals surface area contributed by atoms with Crippen LogP contribution in [0.3, 0.4) is 0 Å². The molecule has 1 unspecified atom stereocenters. The maximum Gasteiger partial charge on any atom is 0.405 e. The van der Waals surface area contributed by atoms with Crippen LogP contribution in [-0.4, -0.2) is 22.6 Å². The molecule has 0 aliphatic carbocycles. The van der Waals surface area contributed by atoms with Crippen molar-refractivity contribution in [2.75, 3.05) is 5.32 Å².